The molecule has 3 heterocycles. The van der Waals surface area contributed by atoms with Gasteiger partial charge >= 0.3 is 0 Å². The first-order chi connectivity index (χ1) is 7.98. The average molecular weight is 231 g/mol. The van der Waals surface area contributed by atoms with E-state index in [1.807, 2.05) is 20.8 Å². The summed E-state index contributed by atoms with van der Waals surface area (Å²) in [6.07, 6.45) is 6.09. The maximum atomic E-state index is 12.5. The van der Waals surface area contributed by atoms with Crippen molar-refractivity contribution in [3.05, 3.63) is 23.0 Å². The number of rotatable bonds is 1. The number of ketones is 1. The summed E-state index contributed by atoms with van der Waals surface area (Å²) in [4.78, 5) is 12.5. The first kappa shape index (κ1) is 11.1. The molecule has 0 aromatic carbocycles. The lowest BCUT2D eigenvalue weighted by atomic mass is 9.85. The molecular formula is C15H21NO. The van der Waals surface area contributed by atoms with E-state index in [2.05, 4.69) is 10.6 Å². The van der Waals surface area contributed by atoms with Crippen LogP contribution in [-0.4, -0.2) is 10.4 Å². The lowest BCUT2D eigenvalue weighted by molar-refractivity contribution is 0.0856. The van der Waals surface area contributed by atoms with Gasteiger partial charge in [-0.1, -0.05) is 20.8 Å². The van der Waals surface area contributed by atoms with Gasteiger partial charge in [-0.2, -0.15) is 0 Å². The molecule has 17 heavy (non-hydrogen) atoms. The Labute approximate surface area is 103 Å². The molecule has 0 saturated heterocycles. The monoisotopic (exact) mass is 231 g/mol. The molecule has 1 aromatic heterocycles. The molecule has 2 aliphatic heterocycles. The highest BCUT2D eigenvalue weighted by Gasteiger charge is 2.34. The van der Waals surface area contributed by atoms with Crippen molar-refractivity contribution in [2.75, 3.05) is 0 Å². The third-order valence-corrected chi connectivity index (χ3v) is 4.20. The Kier molecular flexibility index (Phi) is 2.26. The zero-order valence-electron chi connectivity index (χ0n) is 11.0. The zero-order chi connectivity index (χ0) is 12.2. The molecule has 1 atom stereocenters. The SMILES string of the molecule is CC(C)(C)C(=O)c1cc2n3c1CCCC3CC2. The molecule has 0 fully saturated rings. The third-order valence-electron chi connectivity index (χ3n) is 4.20. The molecule has 0 radical (unpaired) electrons. The van der Waals surface area contributed by atoms with Gasteiger partial charge in [0.1, 0.15) is 0 Å². The fourth-order valence-electron chi connectivity index (χ4n) is 3.35. The second-order valence-corrected chi connectivity index (χ2v) is 6.53. The van der Waals surface area contributed by atoms with E-state index >= 15 is 0 Å². The van der Waals surface area contributed by atoms with Gasteiger partial charge in [-0.15, -0.1) is 0 Å². The van der Waals surface area contributed by atoms with Crippen LogP contribution in [-0.2, 0) is 12.8 Å². The highest BCUT2D eigenvalue weighted by molar-refractivity contribution is 6.01. The van der Waals surface area contributed by atoms with Crippen LogP contribution in [0.4, 0.5) is 0 Å². The van der Waals surface area contributed by atoms with E-state index in [0.29, 0.717) is 11.8 Å². The van der Waals surface area contributed by atoms with E-state index in [4.69, 9.17) is 0 Å². The van der Waals surface area contributed by atoms with Crippen LogP contribution in [0.5, 0.6) is 0 Å². The molecule has 0 spiro atoms. The summed E-state index contributed by atoms with van der Waals surface area (Å²) >= 11 is 0. The second kappa shape index (κ2) is 3.47. The van der Waals surface area contributed by atoms with Crippen molar-refractivity contribution in [3.8, 4) is 0 Å². The molecule has 2 aliphatic rings. The summed E-state index contributed by atoms with van der Waals surface area (Å²) in [5.74, 6) is 0.315. The van der Waals surface area contributed by atoms with Crippen LogP contribution in [0.3, 0.4) is 0 Å². The van der Waals surface area contributed by atoms with Gasteiger partial charge in [0.2, 0.25) is 0 Å². The molecule has 2 nitrogen and oxygen atoms in total. The number of nitrogens with zero attached hydrogens (tertiary/aromatic N) is 1. The highest BCUT2D eigenvalue weighted by Crippen LogP contribution is 2.40. The number of Topliss-reactive ketones (excluding diaryl/α,β-unsaturated/α-hetero) is 1. The van der Waals surface area contributed by atoms with Crippen LogP contribution in [0.2, 0.25) is 0 Å². The number of hydrogen-bond acceptors (Lipinski definition) is 1. The Morgan fingerprint density at radius 3 is 2.76 bits per heavy atom. The topological polar surface area (TPSA) is 22.0 Å². The summed E-state index contributed by atoms with van der Waals surface area (Å²) in [5, 5.41) is 0. The molecule has 1 aromatic rings. The van der Waals surface area contributed by atoms with Crippen molar-refractivity contribution >= 4 is 5.78 Å². The third kappa shape index (κ3) is 1.57. The summed E-state index contributed by atoms with van der Waals surface area (Å²) < 4.78 is 2.47. The van der Waals surface area contributed by atoms with Crippen LogP contribution in [0.1, 0.15) is 67.8 Å². The van der Waals surface area contributed by atoms with Crippen molar-refractivity contribution in [2.24, 2.45) is 5.41 Å². The van der Waals surface area contributed by atoms with E-state index in [0.717, 1.165) is 18.4 Å². The zero-order valence-corrected chi connectivity index (χ0v) is 11.0. The standard InChI is InChI=1S/C15H21NO/c1-15(2,3)14(17)12-9-11-8-7-10-5-4-6-13(12)16(10)11/h9-10H,4-8H2,1-3H3. The smallest absolute Gasteiger partial charge is 0.169 e. The van der Waals surface area contributed by atoms with Crippen molar-refractivity contribution in [1.82, 2.24) is 4.57 Å². The van der Waals surface area contributed by atoms with E-state index in [-0.39, 0.29) is 5.41 Å². The number of carbonyl (C=O) groups is 1. The molecule has 0 aliphatic carbocycles. The molecule has 92 valence electrons. The molecule has 1 unspecified atom stereocenters. The Balaban J connectivity index is 2.09. The summed E-state index contributed by atoms with van der Waals surface area (Å²) in [6.45, 7) is 6.06. The summed E-state index contributed by atoms with van der Waals surface area (Å²) in [5.41, 5.74) is 3.48. The maximum Gasteiger partial charge on any atom is 0.169 e. The van der Waals surface area contributed by atoms with Crippen molar-refractivity contribution in [2.45, 2.75) is 58.9 Å². The Hall–Kier alpha value is -1.05. The van der Waals surface area contributed by atoms with Crippen molar-refractivity contribution < 1.29 is 4.79 Å². The predicted molar refractivity (Wildman–Crippen MR) is 68.5 cm³/mol. The summed E-state index contributed by atoms with van der Waals surface area (Å²) in [7, 11) is 0. The van der Waals surface area contributed by atoms with E-state index in [1.54, 1.807) is 0 Å². The van der Waals surface area contributed by atoms with E-state index in [9.17, 15) is 4.79 Å². The van der Waals surface area contributed by atoms with Crippen molar-refractivity contribution in [3.63, 3.8) is 0 Å². The van der Waals surface area contributed by atoms with Gasteiger partial charge in [-0.05, 0) is 38.2 Å². The van der Waals surface area contributed by atoms with Crippen LogP contribution in [0.25, 0.3) is 0 Å². The van der Waals surface area contributed by atoms with E-state index < -0.39 is 0 Å². The summed E-state index contributed by atoms with van der Waals surface area (Å²) in [6, 6.07) is 2.86. The van der Waals surface area contributed by atoms with Gasteiger partial charge in [0.25, 0.3) is 0 Å². The lowest BCUT2D eigenvalue weighted by Crippen LogP contribution is -2.23. The average Bonchev–Trinajstić information content (AvgIpc) is 2.82. The van der Waals surface area contributed by atoms with Gasteiger partial charge in [-0.25, -0.2) is 0 Å². The van der Waals surface area contributed by atoms with E-state index in [1.165, 1.54) is 30.7 Å². The van der Waals surface area contributed by atoms with Gasteiger partial charge in [0.05, 0.1) is 0 Å². The molecule has 0 N–H and O–H groups in total. The maximum absolute atomic E-state index is 12.5. The lowest BCUT2D eigenvalue weighted by Gasteiger charge is -2.25. The Bertz CT molecular complexity index is 476. The Morgan fingerprint density at radius 2 is 2.06 bits per heavy atom. The predicted octanol–water partition coefficient (Wildman–Crippen LogP) is 3.54. The molecule has 3 rings (SSSR count). The quantitative estimate of drug-likeness (QED) is 0.678. The van der Waals surface area contributed by atoms with Crippen LogP contribution >= 0.6 is 0 Å². The van der Waals surface area contributed by atoms with Gasteiger partial charge in [0, 0.05) is 28.4 Å². The normalized spacial score (nSPS) is 22.6. The number of hydrogen-bond donors (Lipinski definition) is 0. The van der Waals surface area contributed by atoms with Gasteiger partial charge < -0.3 is 4.57 Å². The first-order valence-corrected chi connectivity index (χ1v) is 6.76. The molecule has 0 saturated carbocycles. The number of carbonyl (C=O) groups excluding carboxylic acids is 1. The number of aromatic nitrogens is 1. The number of aryl methyl sites for hydroxylation is 1. The van der Waals surface area contributed by atoms with Gasteiger partial charge in [-0.3, -0.25) is 4.79 Å². The van der Waals surface area contributed by atoms with Crippen LogP contribution in [0.15, 0.2) is 6.07 Å². The van der Waals surface area contributed by atoms with Crippen molar-refractivity contribution in [1.29, 1.82) is 0 Å². The van der Waals surface area contributed by atoms with Crippen LogP contribution < -0.4 is 0 Å². The Morgan fingerprint density at radius 1 is 1.29 bits per heavy atom. The highest BCUT2D eigenvalue weighted by atomic mass is 16.1. The molecular weight excluding hydrogens is 210 g/mol. The molecule has 0 amide bonds. The minimum Gasteiger partial charge on any atom is -0.345 e. The first-order valence-electron chi connectivity index (χ1n) is 6.76. The minimum absolute atomic E-state index is 0.258. The van der Waals surface area contributed by atoms with Crippen LogP contribution in [0, 0.1) is 5.41 Å². The largest absolute Gasteiger partial charge is 0.345 e. The molecule has 0 bridgehead atoms. The molecule has 2 heteroatoms. The fraction of sp³-hybridized carbons (Fsp3) is 0.667. The fourth-order valence-corrected chi connectivity index (χ4v) is 3.35. The van der Waals surface area contributed by atoms with Gasteiger partial charge in [0.15, 0.2) is 5.78 Å². The second-order valence-electron chi connectivity index (χ2n) is 6.53. The minimum atomic E-state index is -0.258.